The Morgan fingerprint density at radius 1 is 1.50 bits per heavy atom. The molecule has 0 amide bonds. The highest BCUT2D eigenvalue weighted by molar-refractivity contribution is 5.49. The van der Waals surface area contributed by atoms with Gasteiger partial charge in [-0.25, -0.2) is 0 Å². The molecule has 2 atom stereocenters. The molecule has 70 valence electrons. The molecule has 1 aliphatic rings. The summed E-state index contributed by atoms with van der Waals surface area (Å²) in [5.41, 5.74) is 0. The summed E-state index contributed by atoms with van der Waals surface area (Å²) < 4.78 is 0. The van der Waals surface area contributed by atoms with Gasteiger partial charge < -0.3 is 4.79 Å². The van der Waals surface area contributed by atoms with Crippen LogP contribution in [0.1, 0.15) is 33.1 Å². The van der Waals surface area contributed by atoms with Gasteiger partial charge in [-0.1, -0.05) is 6.92 Å². The van der Waals surface area contributed by atoms with Gasteiger partial charge in [-0.2, -0.15) is 0 Å². The molecule has 12 heavy (non-hydrogen) atoms. The van der Waals surface area contributed by atoms with Gasteiger partial charge in [0.15, 0.2) is 0 Å². The van der Waals surface area contributed by atoms with Crippen LogP contribution in [0.2, 0.25) is 0 Å². The number of likely N-dealkylation sites (tertiary alicyclic amines) is 1. The van der Waals surface area contributed by atoms with Gasteiger partial charge in [0.25, 0.3) is 0 Å². The standard InChI is InChI=1S/C10H19NO/c1-9-5-3-6-11(10(9)2)7-4-8-12/h8-10H,3-7H2,1-2H3. The zero-order chi connectivity index (χ0) is 8.97. The molecule has 0 aliphatic carbocycles. The highest BCUT2D eigenvalue weighted by Gasteiger charge is 2.23. The summed E-state index contributed by atoms with van der Waals surface area (Å²) in [7, 11) is 0. The molecule has 0 saturated carbocycles. The molecule has 2 unspecified atom stereocenters. The molecule has 0 aromatic rings. The van der Waals surface area contributed by atoms with Crippen LogP contribution in [-0.4, -0.2) is 30.3 Å². The van der Waals surface area contributed by atoms with E-state index in [1.54, 1.807) is 0 Å². The number of rotatable bonds is 3. The van der Waals surface area contributed by atoms with Gasteiger partial charge >= 0.3 is 0 Å². The fraction of sp³-hybridized carbons (Fsp3) is 0.900. The molecule has 1 heterocycles. The lowest BCUT2D eigenvalue weighted by Gasteiger charge is -2.37. The lowest BCUT2D eigenvalue weighted by Crippen LogP contribution is -2.42. The zero-order valence-electron chi connectivity index (χ0n) is 8.12. The molecule has 0 bridgehead atoms. The van der Waals surface area contributed by atoms with Gasteiger partial charge in [-0.05, 0) is 32.2 Å². The zero-order valence-corrected chi connectivity index (χ0v) is 8.12. The van der Waals surface area contributed by atoms with E-state index < -0.39 is 0 Å². The van der Waals surface area contributed by atoms with E-state index in [4.69, 9.17) is 0 Å². The molecule has 2 heteroatoms. The van der Waals surface area contributed by atoms with E-state index >= 15 is 0 Å². The van der Waals surface area contributed by atoms with Crippen LogP contribution < -0.4 is 0 Å². The summed E-state index contributed by atoms with van der Waals surface area (Å²) in [6.07, 6.45) is 4.35. The first kappa shape index (κ1) is 9.72. The van der Waals surface area contributed by atoms with Gasteiger partial charge in [0, 0.05) is 19.0 Å². The first-order valence-electron chi connectivity index (χ1n) is 4.93. The van der Waals surface area contributed by atoms with E-state index in [1.165, 1.54) is 19.4 Å². The second-order valence-electron chi connectivity index (χ2n) is 3.85. The van der Waals surface area contributed by atoms with Crippen molar-refractivity contribution in [2.75, 3.05) is 13.1 Å². The van der Waals surface area contributed by atoms with Crippen molar-refractivity contribution in [1.29, 1.82) is 0 Å². The number of hydrogen-bond acceptors (Lipinski definition) is 2. The molecule has 1 rings (SSSR count). The Bertz CT molecular complexity index is 147. The van der Waals surface area contributed by atoms with Crippen LogP contribution >= 0.6 is 0 Å². The molecular weight excluding hydrogens is 150 g/mol. The highest BCUT2D eigenvalue weighted by atomic mass is 16.1. The first-order chi connectivity index (χ1) is 5.75. The maximum Gasteiger partial charge on any atom is 0.121 e. The lowest BCUT2D eigenvalue weighted by molar-refractivity contribution is -0.108. The van der Waals surface area contributed by atoms with Gasteiger partial charge in [-0.15, -0.1) is 0 Å². The number of piperidine rings is 1. The van der Waals surface area contributed by atoms with Crippen molar-refractivity contribution >= 4 is 6.29 Å². The van der Waals surface area contributed by atoms with Crippen LogP contribution in [0.25, 0.3) is 0 Å². The Morgan fingerprint density at radius 3 is 2.92 bits per heavy atom. The highest BCUT2D eigenvalue weighted by Crippen LogP contribution is 2.22. The fourth-order valence-electron chi connectivity index (χ4n) is 1.96. The molecular formula is C10H19NO. The van der Waals surface area contributed by atoms with Crippen molar-refractivity contribution < 1.29 is 4.79 Å². The van der Waals surface area contributed by atoms with Crippen LogP contribution in [-0.2, 0) is 4.79 Å². The maximum absolute atomic E-state index is 10.2. The molecule has 1 aliphatic heterocycles. The van der Waals surface area contributed by atoms with Crippen LogP contribution in [0.5, 0.6) is 0 Å². The number of nitrogens with zero attached hydrogens (tertiary/aromatic N) is 1. The van der Waals surface area contributed by atoms with E-state index in [9.17, 15) is 4.79 Å². The van der Waals surface area contributed by atoms with E-state index in [-0.39, 0.29) is 0 Å². The van der Waals surface area contributed by atoms with E-state index in [1.807, 2.05) is 0 Å². The van der Waals surface area contributed by atoms with Gasteiger partial charge in [0.05, 0.1) is 0 Å². The Morgan fingerprint density at radius 2 is 2.25 bits per heavy atom. The van der Waals surface area contributed by atoms with Gasteiger partial charge in [0.1, 0.15) is 6.29 Å². The summed E-state index contributed by atoms with van der Waals surface area (Å²) in [6.45, 7) is 6.71. The van der Waals surface area contributed by atoms with E-state index in [0.29, 0.717) is 12.5 Å². The Labute approximate surface area is 74.9 Å². The Kier molecular flexibility index (Phi) is 3.73. The summed E-state index contributed by atoms with van der Waals surface area (Å²) in [6, 6.07) is 0.665. The van der Waals surface area contributed by atoms with Crippen molar-refractivity contribution in [2.24, 2.45) is 5.92 Å². The number of aldehydes is 1. The van der Waals surface area contributed by atoms with Gasteiger partial charge in [0.2, 0.25) is 0 Å². The predicted octanol–water partition coefficient (Wildman–Crippen LogP) is 1.70. The minimum absolute atomic E-state index is 0.665. The second kappa shape index (κ2) is 4.61. The first-order valence-corrected chi connectivity index (χ1v) is 4.93. The van der Waals surface area contributed by atoms with Crippen LogP contribution in [0.4, 0.5) is 0 Å². The van der Waals surface area contributed by atoms with E-state index in [2.05, 4.69) is 18.7 Å². The van der Waals surface area contributed by atoms with Gasteiger partial charge in [-0.3, -0.25) is 4.90 Å². The summed E-state index contributed by atoms with van der Waals surface area (Å²) >= 11 is 0. The van der Waals surface area contributed by atoms with Crippen molar-refractivity contribution in [3.8, 4) is 0 Å². The summed E-state index contributed by atoms with van der Waals surface area (Å²) in [5, 5.41) is 0. The molecule has 0 aromatic carbocycles. The average Bonchev–Trinajstić information content (AvgIpc) is 2.08. The molecule has 1 fully saturated rings. The normalized spacial score (nSPS) is 31.8. The SMILES string of the molecule is CC1CCCN(CCC=O)C1C. The third kappa shape index (κ3) is 2.31. The lowest BCUT2D eigenvalue weighted by atomic mass is 9.92. The fourth-order valence-corrected chi connectivity index (χ4v) is 1.96. The van der Waals surface area contributed by atoms with Crippen LogP contribution in [0.3, 0.4) is 0 Å². The van der Waals surface area contributed by atoms with Crippen molar-refractivity contribution in [3.05, 3.63) is 0 Å². The van der Waals surface area contributed by atoms with E-state index in [0.717, 1.165) is 18.7 Å². The Hall–Kier alpha value is -0.370. The molecule has 0 aromatic heterocycles. The van der Waals surface area contributed by atoms with Crippen molar-refractivity contribution in [2.45, 2.75) is 39.2 Å². The number of hydrogen-bond donors (Lipinski definition) is 0. The van der Waals surface area contributed by atoms with Crippen molar-refractivity contribution in [3.63, 3.8) is 0 Å². The molecule has 2 nitrogen and oxygen atoms in total. The molecule has 0 spiro atoms. The summed E-state index contributed by atoms with van der Waals surface area (Å²) in [5.74, 6) is 0.797. The molecule has 0 N–H and O–H groups in total. The van der Waals surface area contributed by atoms with Crippen LogP contribution in [0, 0.1) is 5.92 Å². The minimum Gasteiger partial charge on any atom is -0.303 e. The average molecular weight is 169 g/mol. The monoisotopic (exact) mass is 169 g/mol. The molecule has 1 saturated heterocycles. The van der Waals surface area contributed by atoms with Crippen molar-refractivity contribution in [1.82, 2.24) is 4.90 Å². The maximum atomic E-state index is 10.2. The second-order valence-corrected chi connectivity index (χ2v) is 3.85. The smallest absolute Gasteiger partial charge is 0.121 e. The third-order valence-corrected chi connectivity index (χ3v) is 3.04. The quantitative estimate of drug-likeness (QED) is 0.599. The number of carbonyl (C=O) groups is 1. The summed E-state index contributed by atoms with van der Waals surface area (Å²) in [4.78, 5) is 12.6. The number of carbonyl (C=O) groups excluding carboxylic acids is 1. The van der Waals surface area contributed by atoms with Crippen LogP contribution in [0.15, 0.2) is 0 Å². The largest absolute Gasteiger partial charge is 0.303 e. The minimum atomic E-state index is 0.665. The third-order valence-electron chi connectivity index (χ3n) is 3.04. The molecule has 0 radical (unpaired) electrons. The topological polar surface area (TPSA) is 20.3 Å². The Balaban J connectivity index is 2.35. The predicted molar refractivity (Wildman–Crippen MR) is 50.1 cm³/mol.